The highest BCUT2D eigenvalue weighted by atomic mass is 16.5. The number of nitrogens with one attached hydrogen (secondary N) is 2. The van der Waals surface area contributed by atoms with Crippen molar-refractivity contribution in [2.45, 2.75) is 46.3 Å². The first-order valence-corrected chi connectivity index (χ1v) is 12.8. The predicted molar refractivity (Wildman–Crippen MR) is 148 cm³/mol. The van der Waals surface area contributed by atoms with Gasteiger partial charge in [-0.2, -0.15) is 0 Å². The summed E-state index contributed by atoms with van der Waals surface area (Å²) >= 11 is 0. The zero-order valence-electron chi connectivity index (χ0n) is 22.2. The van der Waals surface area contributed by atoms with Crippen LogP contribution in [0, 0.1) is 5.41 Å². The standard InChI is InChI=1S/C30H33N5O3/c1-29(2,3)26(36)23-16-32-27-25(23)31-17-24(33-27)21-11-8-12-22(15-21)35-14-13-30(4,19-35)34-28(37)38-18-20-9-6-5-7-10-20/h5-12,15-17H,13-14,18-19H2,1-4H3,(H,32,33)(H,34,37). The van der Waals surface area contributed by atoms with Gasteiger partial charge in [-0.1, -0.05) is 63.2 Å². The summed E-state index contributed by atoms with van der Waals surface area (Å²) in [7, 11) is 0. The van der Waals surface area contributed by atoms with Gasteiger partial charge >= 0.3 is 6.09 Å². The Balaban J connectivity index is 1.27. The zero-order valence-corrected chi connectivity index (χ0v) is 22.2. The molecule has 4 aromatic rings. The number of aromatic nitrogens is 3. The second kappa shape index (κ2) is 9.93. The fourth-order valence-corrected chi connectivity index (χ4v) is 4.76. The van der Waals surface area contributed by atoms with Gasteiger partial charge in [0.05, 0.1) is 23.0 Å². The molecule has 1 aliphatic heterocycles. The smallest absolute Gasteiger partial charge is 0.407 e. The third-order valence-electron chi connectivity index (χ3n) is 6.90. The summed E-state index contributed by atoms with van der Waals surface area (Å²) in [5.41, 5.74) is 4.49. The zero-order chi connectivity index (χ0) is 26.9. The molecule has 1 fully saturated rings. The number of aromatic amines is 1. The van der Waals surface area contributed by atoms with Gasteiger partial charge in [0.25, 0.3) is 0 Å². The highest BCUT2D eigenvalue weighted by Gasteiger charge is 2.36. The Morgan fingerprint density at radius 3 is 2.68 bits per heavy atom. The second-order valence-corrected chi connectivity index (χ2v) is 11.2. The van der Waals surface area contributed by atoms with Gasteiger partial charge in [-0.3, -0.25) is 4.79 Å². The molecule has 1 saturated heterocycles. The molecular weight excluding hydrogens is 478 g/mol. The number of anilines is 1. The predicted octanol–water partition coefficient (Wildman–Crippen LogP) is 5.75. The van der Waals surface area contributed by atoms with Crippen molar-refractivity contribution < 1.29 is 14.3 Å². The Hall–Kier alpha value is -4.20. The number of hydrogen-bond donors (Lipinski definition) is 2. The molecular formula is C30H33N5O3. The van der Waals surface area contributed by atoms with Crippen LogP contribution in [0.3, 0.4) is 0 Å². The van der Waals surface area contributed by atoms with E-state index in [9.17, 15) is 9.59 Å². The van der Waals surface area contributed by atoms with Gasteiger partial charge in [0.2, 0.25) is 0 Å². The van der Waals surface area contributed by atoms with Crippen LogP contribution in [0.15, 0.2) is 67.0 Å². The monoisotopic (exact) mass is 511 g/mol. The first-order valence-electron chi connectivity index (χ1n) is 12.8. The van der Waals surface area contributed by atoms with E-state index in [1.54, 1.807) is 12.4 Å². The number of fused-ring (bicyclic) bond motifs is 1. The van der Waals surface area contributed by atoms with Crippen molar-refractivity contribution in [3.8, 4) is 11.3 Å². The average Bonchev–Trinajstić information content (AvgIpc) is 3.50. The summed E-state index contributed by atoms with van der Waals surface area (Å²) < 4.78 is 5.44. The lowest BCUT2D eigenvalue weighted by molar-refractivity contribution is 0.0860. The summed E-state index contributed by atoms with van der Waals surface area (Å²) in [6.45, 7) is 9.44. The molecule has 8 heteroatoms. The van der Waals surface area contributed by atoms with Crippen LogP contribution in [0.1, 0.15) is 50.0 Å². The molecule has 2 N–H and O–H groups in total. The van der Waals surface area contributed by atoms with E-state index in [0.717, 1.165) is 35.5 Å². The largest absolute Gasteiger partial charge is 0.445 e. The lowest BCUT2D eigenvalue weighted by Gasteiger charge is -2.26. The SMILES string of the molecule is CC1(NC(=O)OCc2ccccc2)CCN(c2cccc(-c3cnc4c(C(=O)C(C)(C)C)c[nH]c4n3)c2)C1. The normalized spacial score (nSPS) is 17.5. The number of amides is 1. The maximum absolute atomic E-state index is 12.8. The second-order valence-electron chi connectivity index (χ2n) is 11.2. The van der Waals surface area contributed by atoms with E-state index < -0.39 is 17.0 Å². The molecule has 196 valence electrons. The number of hydrogen-bond acceptors (Lipinski definition) is 6. The Morgan fingerprint density at radius 2 is 1.92 bits per heavy atom. The minimum atomic E-state index is -0.498. The number of carbonyl (C=O) groups is 2. The molecule has 38 heavy (non-hydrogen) atoms. The Morgan fingerprint density at radius 1 is 1.13 bits per heavy atom. The number of ketones is 1. The van der Waals surface area contributed by atoms with Crippen LogP contribution in [0.2, 0.25) is 0 Å². The molecule has 2 aromatic heterocycles. The molecule has 0 saturated carbocycles. The number of alkyl carbamates (subject to hydrolysis) is 1. The van der Waals surface area contributed by atoms with Crippen molar-refractivity contribution in [1.82, 2.24) is 20.3 Å². The van der Waals surface area contributed by atoms with E-state index in [1.165, 1.54) is 0 Å². The van der Waals surface area contributed by atoms with Gasteiger partial charge in [0.15, 0.2) is 11.4 Å². The van der Waals surface area contributed by atoms with E-state index in [1.807, 2.05) is 70.2 Å². The van der Waals surface area contributed by atoms with E-state index in [0.29, 0.717) is 23.3 Å². The molecule has 5 rings (SSSR count). The summed E-state index contributed by atoms with van der Waals surface area (Å²) in [6, 6.07) is 17.8. The van der Waals surface area contributed by atoms with Gasteiger partial charge in [0.1, 0.15) is 12.1 Å². The minimum Gasteiger partial charge on any atom is -0.445 e. The molecule has 0 aliphatic carbocycles. The molecule has 1 atom stereocenters. The fraction of sp³-hybridized carbons (Fsp3) is 0.333. The van der Waals surface area contributed by atoms with Gasteiger partial charge in [-0.05, 0) is 31.0 Å². The van der Waals surface area contributed by atoms with Gasteiger partial charge in [-0.25, -0.2) is 14.8 Å². The molecule has 2 aromatic carbocycles. The van der Waals surface area contributed by atoms with Crippen LogP contribution in [-0.2, 0) is 11.3 Å². The lowest BCUT2D eigenvalue weighted by Crippen LogP contribution is -2.48. The fourth-order valence-electron chi connectivity index (χ4n) is 4.76. The van der Waals surface area contributed by atoms with Crippen LogP contribution >= 0.6 is 0 Å². The first-order chi connectivity index (χ1) is 18.1. The Kier molecular flexibility index (Phi) is 6.65. The molecule has 0 radical (unpaired) electrons. The van der Waals surface area contributed by atoms with Crippen molar-refractivity contribution in [3.05, 3.63) is 78.1 Å². The van der Waals surface area contributed by atoms with E-state index in [4.69, 9.17) is 9.72 Å². The van der Waals surface area contributed by atoms with Crippen molar-refractivity contribution in [2.24, 2.45) is 5.41 Å². The van der Waals surface area contributed by atoms with Crippen LogP contribution in [0.25, 0.3) is 22.4 Å². The molecule has 1 amide bonds. The molecule has 1 unspecified atom stereocenters. The van der Waals surface area contributed by atoms with Gasteiger partial charge in [-0.15, -0.1) is 0 Å². The molecule has 8 nitrogen and oxygen atoms in total. The van der Waals surface area contributed by atoms with Crippen molar-refractivity contribution in [2.75, 3.05) is 18.0 Å². The maximum atomic E-state index is 12.8. The highest BCUT2D eigenvalue weighted by Crippen LogP contribution is 2.31. The Labute approximate surface area is 222 Å². The summed E-state index contributed by atoms with van der Waals surface area (Å²) in [4.78, 5) is 40.0. The van der Waals surface area contributed by atoms with Gasteiger partial charge < -0.3 is 19.9 Å². The van der Waals surface area contributed by atoms with Crippen molar-refractivity contribution >= 4 is 28.7 Å². The number of nitrogens with zero attached hydrogens (tertiary/aromatic N) is 3. The summed E-state index contributed by atoms with van der Waals surface area (Å²) in [6.07, 6.45) is 3.80. The number of Topliss-reactive ketones (excluding diaryl/α,β-unsaturated/α-hetero) is 1. The van der Waals surface area contributed by atoms with Crippen LogP contribution < -0.4 is 10.2 Å². The lowest BCUT2D eigenvalue weighted by atomic mass is 9.87. The van der Waals surface area contributed by atoms with E-state index in [2.05, 4.69) is 32.3 Å². The van der Waals surface area contributed by atoms with Crippen LogP contribution in [-0.4, -0.2) is 45.5 Å². The first kappa shape index (κ1) is 25.4. The van der Waals surface area contributed by atoms with Crippen LogP contribution in [0.5, 0.6) is 0 Å². The number of H-pyrrole nitrogens is 1. The summed E-state index contributed by atoms with van der Waals surface area (Å²) in [5.74, 6) is 0.0300. The number of benzene rings is 2. The maximum Gasteiger partial charge on any atom is 0.407 e. The van der Waals surface area contributed by atoms with Crippen molar-refractivity contribution in [3.63, 3.8) is 0 Å². The minimum absolute atomic E-state index is 0.0300. The molecule has 1 aliphatic rings. The number of carbonyl (C=O) groups excluding carboxylic acids is 2. The third-order valence-corrected chi connectivity index (χ3v) is 6.90. The number of ether oxygens (including phenoxy) is 1. The number of rotatable bonds is 6. The van der Waals surface area contributed by atoms with Crippen LogP contribution in [0.4, 0.5) is 10.5 Å². The van der Waals surface area contributed by atoms with E-state index >= 15 is 0 Å². The molecule has 0 bridgehead atoms. The van der Waals surface area contributed by atoms with Crippen molar-refractivity contribution in [1.29, 1.82) is 0 Å². The molecule has 0 spiro atoms. The van der Waals surface area contributed by atoms with Gasteiger partial charge in [0, 0.05) is 36.0 Å². The quantitative estimate of drug-likeness (QED) is 0.320. The van der Waals surface area contributed by atoms with E-state index in [-0.39, 0.29) is 12.4 Å². The average molecular weight is 512 g/mol. The highest BCUT2D eigenvalue weighted by molar-refractivity contribution is 6.08. The molecule has 3 heterocycles. The Bertz CT molecular complexity index is 1470. The topological polar surface area (TPSA) is 100 Å². The third kappa shape index (κ3) is 5.39. The summed E-state index contributed by atoms with van der Waals surface area (Å²) in [5, 5.41) is 3.06.